The van der Waals surface area contributed by atoms with E-state index in [4.69, 9.17) is 9.84 Å². The van der Waals surface area contributed by atoms with Crippen LogP contribution in [0.2, 0.25) is 0 Å². The van der Waals surface area contributed by atoms with Gasteiger partial charge in [0.05, 0.1) is 11.2 Å². The summed E-state index contributed by atoms with van der Waals surface area (Å²) in [6, 6.07) is 10.8. The minimum Gasteiger partial charge on any atom is -0.478 e. The van der Waals surface area contributed by atoms with E-state index < -0.39 is 23.1 Å². The van der Waals surface area contributed by atoms with E-state index in [1.165, 1.54) is 30.3 Å². The van der Waals surface area contributed by atoms with Crippen molar-refractivity contribution in [3.63, 3.8) is 0 Å². The van der Waals surface area contributed by atoms with Gasteiger partial charge in [-0.05, 0) is 73.8 Å². The number of aromatic carboxylic acids is 1. The minimum atomic E-state index is -1.33. The van der Waals surface area contributed by atoms with Crippen molar-refractivity contribution in [2.24, 2.45) is 0 Å². The van der Waals surface area contributed by atoms with Crippen LogP contribution in [0.15, 0.2) is 67.8 Å². The van der Waals surface area contributed by atoms with Crippen LogP contribution < -0.4 is 15.4 Å². The normalized spacial score (nSPS) is 21.4. The SMILES string of the molecule is C=CCNCC[C@]1(c2cc(OC(=O)Nc3ccc(C(=O)O)cc3)ccc2C)CC(=O)CC[C@@]1(O)C=C. The molecule has 2 atom stereocenters. The molecule has 0 bridgehead atoms. The molecule has 1 amide bonds. The van der Waals surface area contributed by atoms with E-state index in [9.17, 15) is 19.5 Å². The lowest BCUT2D eigenvalue weighted by atomic mass is 9.57. The molecular weight excluding hydrogens is 460 g/mol. The third kappa shape index (κ3) is 5.72. The zero-order valence-corrected chi connectivity index (χ0v) is 20.4. The number of aliphatic hydroxyl groups is 1. The van der Waals surface area contributed by atoms with Crippen LogP contribution in [0.5, 0.6) is 5.75 Å². The van der Waals surface area contributed by atoms with Gasteiger partial charge in [0.15, 0.2) is 0 Å². The summed E-state index contributed by atoms with van der Waals surface area (Å²) < 4.78 is 5.51. The van der Waals surface area contributed by atoms with Crippen LogP contribution in [0.25, 0.3) is 0 Å². The standard InChI is InChI=1S/C28H32N2O6/c1-4-15-29-16-14-27(18-22(31)12-13-28(27,35)5-2)24-17-23(11-6-19(24)3)36-26(34)30-21-9-7-20(8-10-21)25(32)33/h4-11,17,29,35H,1-2,12-16,18H2,3H3,(H,30,34)(H,32,33)/t27-,28+/m1/s1. The number of carbonyl (C=O) groups is 3. The molecule has 36 heavy (non-hydrogen) atoms. The first-order valence-electron chi connectivity index (χ1n) is 11.8. The molecule has 0 aliphatic heterocycles. The Labute approximate surface area is 210 Å². The van der Waals surface area contributed by atoms with Crippen LogP contribution in [0.1, 0.15) is 47.2 Å². The lowest BCUT2D eigenvalue weighted by Gasteiger charge is -2.50. The molecule has 2 aromatic carbocycles. The second-order valence-electron chi connectivity index (χ2n) is 9.04. The molecule has 4 N–H and O–H groups in total. The summed E-state index contributed by atoms with van der Waals surface area (Å²) in [6.45, 7) is 10.6. The summed E-state index contributed by atoms with van der Waals surface area (Å²) in [4.78, 5) is 36.2. The maximum Gasteiger partial charge on any atom is 0.417 e. The first-order valence-corrected chi connectivity index (χ1v) is 11.8. The van der Waals surface area contributed by atoms with Gasteiger partial charge in [-0.3, -0.25) is 10.1 Å². The van der Waals surface area contributed by atoms with E-state index in [1.807, 2.05) is 6.92 Å². The van der Waals surface area contributed by atoms with Crippen molar-refractivity contribution in [1.29, 1.82) is 0 Å². The number of carboxylic acid groups (broad SMARTS) is 1. The number of benzene rings is 2. The van der Waals surface area contributed by atoms with E-state index in [2.05, 4.69) is 23.8 Å². The molecule has 1 saturated carbocycles. The first-order chi connectivity index (χ1) is 17.1. The Morgan fingerprint density at radius 2 is 1.89 bits per heavy atom. The number of ether oxygens (including phenoxy) is 1. The summed E-state index contributed by atoms with van der Waals surface area (Å²) in [5.74, 6) is -0.762. The van der Waals surface area contributed by atoms with Crippen molar-refractivity contribution in [1.82, 2.24) is 5.32 Å². The molecule has 1 fully saturated rings. The molecule has 0 saturated heterocycles. The smallest absolute Gasteiger partial charge is 0.417 e. The van der Waals surface area contributed by atoms with Crippen LogP contribution in [0.4, 0.5) is 10.5 Å². The van der Waals surface area contributed by atoms with Gasteiger partial charge in [-0.25, -0.2) is 9.59 Å². The van der Waals surface area contributed by atoms with Crippen molar-refractivity contribution in [3.05, 3.63) is 84.5 Å². The number of anilines is 1. The first kappa shape index (κ1) is 26.8. The van der Waals surface area contributed by atoms with Gasteiger partial charge in [-0.1, -0.05) is 18.2 Å². The second-order valence-corrected chi connectivity index (χ2v) is 9.04. The molecule has 3 rings (SSSR count). The summed E-state index contributed by atoms with van der Waals surface area (Å²) in [7, 11) is 0. The van der Waals surface area contributed by atoms with Crippen LogP contribution in [-0.4, -0.2) is 46.7 Å². The third-order valence-corrected chi connectivity index (χ3v) is 6.78. The molecule has 1 aliphatic rings. The minimum absolute atomic E-state index is 0.0542. The molecule has 8 heteroatoms. The highest BCUT2D eigenvalue weighted by atomic mass is 16.6. The largest absolute Gasteiger partial charge is 0.478 e. The summed E-state index contributed by atoms with van der Waals surface area (Å²) in [5.41, 5.74) is -0.234. The van der Waals surface area contributed by atoms with Crippen molar-refractivity contribution < 1.29 is 29.3 Å². The van der Waals surface area contributed by atoms with E-state index >= 15 is 0 Å². The number of hydrogen-bond acceptors (Lipinski definition) is 6. The highest BCUT2D eigenvalue weighted by molar-refractivity contribution is 5.90. The Bertz CT molecular complexity index is 1160. The molecule has 0 radical (unpaired) electrons. The number of hydrogen-bond donors (Lipinski definition) is 4. The second kappa shape index (κ2) is 11.3. The molecule has 8 nitrogen and oxygen atoms in total. The molecule has 0 unspecified atom stereocenters. The van der Waals surface area contributed by atoms with Crippen LogP contribution in [0, 0.1) is 6.92 Å². The Balaban J connectivity index is 1.90. The molecule has 0 heterocycles. The van der Waals surface area contributed by atoms with Gasteiger partial charge in [0.1, 0.15) is 11.5 Å². The fraction of sp³-hybridized carbons (Fsp3) is 0.321. The van der Waals surface area contributed by atoms with Gasteiger partial charge in [0.25, 0.3) is 0 Å². The zero-order valence-electron chi connectivity index (χ0n) is 20.4. The molecule has 1 aliphatic carbocycles. The van der Waals surface area contributed by atoms with Gasteiger partial charge in [-0.2, -0.15) is 0 Å². The zero-order chi connectivity index (χ0) is 26.3. The van der Waals surface area contributed by atoms with Gasteiger partial charge in [0.2, 0.25) is 0 Å². The number of amides is 1. The number of nitrogens with one attached hydrogen (secondary N) is 2. The van der Waals surface area contributed by atoms with Gasteiger partial charge < -0.3 is 20.3 Å². The van der Waals surface area contributed by atoms with Gasteiger partial charge >= 0.3 is 12.1 Å². The summed E-state index contributed by atoms with van der Waals surface area (Å²) in [6.07, 6.45) is 3.63. The summed E-state index contributed by atoms with van der Waals surface area (Å²) >= 11 is 0. The Kier molecular flexibility index (Phi) is 8.45. The number of ketones is 1. The topological polar surface area (TPSA) is 125 Å². The predicted octanol–water partition coefficient (Wildman–Crippen LogP) is 4.38. The lowest BCUT2D eigenvalue weighted by molar-refractivity contribution is -0.130. The molecule has 2 aromatic rings. The van der Waals surface area contributed by atoms with Crippen LogP contribution >= 0.6 is 0 Å². The maximum absolute atomic E-state index is 12.7. The van der Waals surface area contributed by atoms with Crippen molar-refractivity contribution in [2.45, 2.75) is 43.6 Å². The summed E-state index contributed by atoms with van der Waals surface area (Å²) in [5, 5.41) is 26.5. The van der Waals surface area contributed by atoms with Crippen LogP contribution in [-0.2, 0) is 10.2 Å². The van der Waals surface area contributed by atoms with E-state index in [1.54, 1.807) is 24.3 Å². The molecule has 0 spiro atoms. The van der Waals surface area contributed by atoms with Gasteiger partial charge in [0, 0.05) is 30.5 Å². The quantitative estimate of drug-likeness (QED) is 0.287. The average Bonchev–Trinajstić information content (AvgIpc) is 2.85. The fourth-order valence-corrected chi connectivity index (χ4v) is 4.85. The number of carboxylic acids is 1. The van der Waals surface area contributed by atoms with Gasteiger partial charge in [-0.15, -0.1) is 13.2 Å². The average molecular weight is 493 g/mol. The maximum atomic E-state index is 12.7. The number of rotatable bonds is 10. The Morgan fingerprint density at radius 3 is 2.53 bits per heavy atom. The van der Waals surface area contributed by atoms with E-state index in [0.29, 0.717) is 25.2 Å². The molecule has 190 valence electrons. The number of aryl methyl sites for hydroxylation is 1. The highest BCUT2D eigenvalue weighted by Crippen LogP contribution is 2.50. The van der Waals surface area contributed by atoms with Crippen molar-refractivity contribution in [2.75, 3.05) is 18.4 Å². The monoisotopic (exact) mass is 492 g/mol. The lowest BCUT2D eigenvalue weighted by Crippen LogP contribution is -2.56. The number of carbonyl (C=O) groups excluding carboxylic acids is 2. The molecule has 0 aromatic heterocycles. The third-order valence-electron chi connectivity index (χ3n) is 6.78. The highest BCUT2D eigenvalue weighted by Gasteiger charge is 2.53. The molecular formula is C28H32N2O6. The Morgan fingerprint density at radius 1 is 1.17 bits per heavy atom. The van der Waals surface area contributed by atoms with Crippen molar-refractivity contribution in [3.8, 4) is 5.75 Å². The van der Waals surface area contributed by atoms with E-state index in [0.717, 1.165) is 11.1 Å². The van der Waals surface area contributed by atoms with Crippen molar-refractivity contribution >= 4 is 23.5 Å². The Hall–Kier alpha value is -3.75. The van der Waals surface area contributed by atoms with E-state index in [-0.39, 0.29) is 36.4 Å². The number of Topliss-reactive ketones (excluding diaryl/α,β-unsaturated/α-hetero) is 1. The van der Waals surface area contributed by atoms with Crippen LogP contribution in [0.3, 0.4) is 0 Å². The fourth-order valence-electron chi connectivity index (χ4n) is 4.85. The predicted molar refractivity (Wildman–Crippen MR) is 138 cm³/mol.